The first kappa shape index (κ1) is 13.1. The Morgan fingerprint density at radius 1 is 1.22 bits per heavy atom. The van der Waals surface area contributed by atoms with Gasteiger partial charge in [0.1, 0.15) is 5.03 Å². The van der Waals surface area contributed by atoms with Crippen molar-refractivity contribution in [2.45, 2.75) is 16.7 Å². The summed E-state index contributed by atoms with van der Waals surface area (Å²) in [5.74, 6) is 0. The fourth-order valence-corrected chi connectivity index (χ4v) is 3.13. The Balaban J connectivity index is 2.23. The van der Waals surface area contributed by atoms with Crippen LogP contribution in [-0.4, -0.2) is 4.98 Å². The summed E-state index contributed by atoms with van der Waals surface area (Å²) in [6, 6.07) is 16.2. The molecule has 2 nitrogen and oxygen atoms in total. The minimum atomic E-state index is 0.113. The summed E-state index contributed by atoms with van der Waals surface area (Å²) >= 11 is 5.09. The monoisotopic (exact) mass is 318 g/mol. The maximum Gasteiger partial charge on any atom is 0.111 e. The molecule has 0 amide bonds. The lowest BCUT2D eigenvalue weighted by atomic mass is 10.1. The lowest BCUT2D eigenvalue weighted by molar-refractivity contribution is 0.966. The summed E-state index contributed by atoms with van der Waals surface area (Å²) in [5.41, 5.74) is 1.15. The standard InChI is InChI=1S/C14H11BrN2S/c15-12-7-4-10-17-14(12)18-13(8-9-16)11-5-2-1-3-6-11/h1-7,10,13H,8H2. The molecule has 4 heteroatoms. The molecule has 2 rings (SSSR count). The van der Waals surface area contributed by atoms with Crippen LogP contribution >= 0.6 is 27.7 Å². The van der Waals surface area contributed by atoms with E-state index < -0.39 is 0 Å². The van der Waals surface area contributed by atoms with E-state index in [9.17, 15) is 0 Å². The van der Waals surface area contributed by atoms with Crippen molar-refractivity contribution in [1.82, 2.24) is 4.98 Å². The van der Waals surface area contributed by atoms with Crippen molar-refractivity contribution < 1.29 is 0 Å². The van der Waals surface area contributed by atoms with Crippen LogP contribution in [0.1, 0.15) is 17.2 Å². The van der Waals surface area contributed by atoms with Crippen LogP contribution in [0.3, 0.4) is 0 Å². The highest BCUT2D eigenvalue weighted by Gasteiger charge is 2.14. The van der Waals surface area contributed by atoms with Gasteiger partial charge >= 0.3 is 0 Å². The molecular weight excluding hydrogens is 308 g/mol. The molecule has 0 saturated heterocycles. The minimum absolute atomic E-state index is 0.113. The van der Waals surface area contributed by atoms with Gasteiger partial charge in [-0.1, -0.05) is 42.1 Å². The Labute approximate surface area is 119 Å². The molecule has 0 spiro atoms. The second-order valence-electron chi connectivity index (χ2n) is 3.67. The lowest BCUT2D eigenvalue weighted by Crippen LogP contribution is -1.94. The molecule has 0 N–H and O–H groups in total. The van der Waals surface area contributed by atoms with Crippen molar-refractivity contribution in [2.75, 3.05) is 0 Å². The molecule has 0 saturated carbocycles. The van der Waals surface area contributed by atoms with E-state index in [4.69, 9.17) is 5.26 Å². The molecule has 1 heterocycles. The van der Waals surface area contributed by atoms with Crippen LogP contribution in [0, 0.1) is 11.3 Å². The van der Waals surface area contributed by atoms with Crippen molar-refractivity contribution in [3.8, 4) is 6.07 Å². The van der Waals surface area contributed by atoms with E-state index in [2.05, 4.69) is 27.0 Å². The van der Waals surface area contributed by atoms with Crippen LogP contribution in [0.25, 0.3) is 0 Å². The van der Waals surface area contributed by atoms with Crippen molar-refractivity contribution in [3.05, 3.63) is 58.7 Å². The zero-order valence-electron chi connectivity index (χ0n) is 9.58. The third-order valence-corrected chi connectivity index (χ3v) is 4.60. The lowest BCUT2D eigenvalue weighted by Gasteiger charge is -2.13. The van der Waals surface area contributed by atoms with E-state index in [1.54, 1.807) is 18.0 Å². The number of nitrogens with zero attached hydrogens (tertiary/aromatic N) is 2. The summed E-state index contributed by atoms with van der Waals surface area (Å²) in [5, 5.41) is 9.98. The third-order valence-electron chi connectivity index (χ3n) is 2.43. The fourth-order valence-electron chi connectivity index (χ4n) is 1.57. The largest absolute Gasteiger partial charge is 0.249 e. The third kappa shape index (κ3) is 3.34. The molecule has 1 unspecified atom stereocenters. The molecule has 1 aromatic carbocycles. The maximum absolute atomic E-state index is 8.95. The van der Waals surface area contributed by atoms with Crippen molar-refractivity contribution in [3.63, 3.8) is 0 Å². The molecule has 0 aliphatic heterocycles. The Kier molecular flexibility index (Phi) is 4.80. The van der Waals surface area contributed by atoms with Gasteiger partial charge in [0.2, 0.25) is 0 Å². The van der Waals surface area contributed by atoms with E-state index >= 15 is 0 Å². The van der Waals surface area contributed by atoms with Crippen LogP contribution < -0.4 is 0 Å². The average Bonchev–Trinajstić information content (AvgIpc) is 2.42. The summed E-state index contributed by atoms with van der Waals surface area (Å²) in [6.07, 6.45) is 2.24. The highest BCUT2D eigenvalue weighted by Crippen LogP contribution is 2.39. The van der Waals surface area contributed by atoms with E-state index in [1.807, 2.05) is 42.5 Å². The van der Waals surface area contributed by atoms with Crippen molar-refractivity contribution in [1.29, 1.82) is 5.26 Å². The molecule has 0 radical (unpaired) electrons. The predicted molar refractivity (Wildman–Crippen MR) is 77.2 cm³/mol. The van der Waals surface area contributed by atoms with Crippen molar-refractivity contribution >= 4 is 27.7 Å². The Hall–Kier alpha value is -1.31. The summed E-state index contributed by atoms with van der Waals surface area (Å²) in [6.45, 7) is 0. The van der Waals surface area contributed by atoms with Gasteiger partial charge in [-0.05, 0) is 33.6 Å². The van der Waals surface area contributed by atoms with Crippen LogP contribution in [0.5, 0.6) is 0 Å². The van der Waals surface area contributed by atoms with E-state index in [1.165, 1.54) is 0 Å². The number of thioether (sulfide) groups is 1. The van der Waals surface area contributed by atoms with Crippen LogP contribution in [0.2, 0.25) is 0 Å². The zero-order chi connectivity index (χ0) is 12.8. The summed E-state index contributed by atoms with van der Waals surface area (Å²) in [4.78, 5) is 4.33. The van der Waals surface area contributed by atoms with Gasteiger partial charge in [-0.25, -0.2) is 4.98 Å². The summed E-state index contributed by atoms with van der Waals surface area (Å²) in [7, 11) is 0. The normalized spacial score (nSPS) is 11.8. The van der Waals surface area contributed by atoms with Crippen LogP contribution in [0.15, 0.2) is 58.2 Å². The smallest absolute Gasteiger partial charge is 0.111 e. The average molecular weight is 319 g/mol. The number of halogens is 1. The predicted octanol–water partition coefficient (Wildman–Crippen LogP) is 4.59. The molecule has 1 aromatic heterocycles. The molecular formula is C14H11BrN2S. The Bertz CT molecular complexity index is 551. The number of nitriles is 1. The van der Waals surface area contributed by atoms with Gasteiger partial charge in [0.15, 0.2) is 0 Å². The molecule has 0 aliphatic rings. The highest BCUT2D eigenvalue weighted by atomic mass is 79.9. The molecule has 90 valence electrons. The van der Waals surface area contributed by atoms with Crippen LogP contribution in [0.4, 0.5) is 0 Å². The molecule has 2 aromatic rings. The van der Waals surface area contributed by atoms with Gasteiger partial charge in [-0.3, -0.25) is 0 Å². The van der Waals surface area contributed by atoms with Crippen molar-refractivity contribution in [2.24, 2.45) is 0 Å². The number of rotatable bonds is 4. The second-order valence-corrected chi connectivity index (χ2v) is 5.72. The molecule has 0 aliphatic carbocycles. The molecule has 0 fully saturated rings. The highest BCUT2D eigenvalue weighted by molar-refractivity contribution is 9.10. The van der Waals surface area contributed by atoms with Gasteiger partial charge in [-0.2, -0.15) is 5.26 Å². The van der Waals surface area contributed by atoms with Gasteiger partial charge in [0, 0.05) is 15.9 Å². The van der Waals surface area contributed by atoms with Gasteiger partial charge in [-0.15, -0.1) is 0 Å². The number of hydrogen-bond acceptors (Lipinski definition) is 3. The van der Waals surface area contributed by atoms with Gasteiger partial charge < -0.3 is 0 Å². The first-order valence-electron chi connectivity index (χ1n) is 5.50. The van der Waals surface area contributed by atoms with E-state index in [0.29, 0.717) is 6.42 Å². The van der Waals surface area contributed by atoms with Gasteiger partial charge in [0.05, 0.1) is 12.5 Å². The molecule has 1 atom stereocenters. The zero-order valence-corrected chi connectivity index (χ0v) is 12.0. The molecule has 18 heavy (non-hydrogen) atoms. The first-order valence-corrected chi connectivity index (χ1v) is 7.17. The summed E-state index contributed by atoms with van der Waals surface area (Å²) < 4.78 is 0.967. The number of aromatic nitrogens is 1. The second kappa shape index (κ2) is 6.58. The van der Waals surface area contributed by atoms with Gasteiger partial charge in [0.25, 0.3) is 0 Å². The minimum Gasteiger partial charge on any atom is -0.249 e. The van der Waals surface area contributed by atoms with E-state index in [0.717, 1.165) is 15.1 Å². The topological polar surface area (TPSA) is 36.7 Å². The van der Waals surface area contributed by atoms with E-state index in [-0.39, 0.29) is 5.25 Å². The maximum atomic E-state index is 8.95. The number of benzene rings is 1. The molecule has 0 bridgehead atoms. The SMILES string of the molecule is N#CCC(Sc1ncccc1Br)c1ccccc1. The van der Waals surface area contributed by atoms with Crippen LogP contribution in [-0.2, 0) is 0 Å². The number of pyridine rings is 1. The quantitative estimate of drug-likeness (QED) is 0.773. The Morgan fingerprint density at radius 2 is 2.00 bits per heavy atom. The Morgan fingerprint density at radius 3 is 2.67 bits per heavy atom. The number of hydrogen-bond donors (Lipinski definition) is 0. The first-order chi connectivity index (χ1) is 8.81. The fraction of sp³-hybridized carbons (Fsp3) is 0.143.